The van der Waals surface area contributed by atoms with Crippen LogP contribution in [0.2, 0.25) is 10.0 Å². The number of carbonyl (C=O) groups is 1. The number of amides is 1. The number of hydrogen-bond acceptors (Lipinski definition) is 5. The first-order valence-electron chi connectivity index (χ1n) is 8.76. The monoisotopic (exact) mass is 431 g/mol. The minimum Gasteiger partial charge on any atom is -0.508 e. The molecule has 0 radical (unpaired) electrons. The second-order valence-corrected chi connectivity index (χ2v) is 7.20. The van der Waals surface area contributed by atoms with Crippen LogP contribution in [0.1, 0.15) is 34.5 Å². The van der Waals surface area contributed by atoms with Gasteiger partial charge in [-0.1, -0.05) is 41.4 Å². The van der Waals surface area contributed by atoms with E-state index in [2.05, 4.69) is 10.3 Å². The molecular weight excluding hydrogens is 413 g/mol. The van der Waals surface area contributed by atoms with Gasteiger partial charge in [0, 0.05) is 21.8 Å². The van der Waals surface area contributed by atoms with E-state index in [1.54, 1.807) is 42.5 Å². The molecule has 0 aliphatic rings. The number of anilines is 1. The summed E-state index contributed by atoms with van der Waals surface area (Å²) in [5.41, 5.74) is 7.64. The van der Waals surface area contributed by atoms with E-state index < -0.39 is 0 Å². The molecule has 0 bridgehead atoms. The molecule has 29 heavy (non-hydrogen) atoms. The van der Waals surface area contributed by atoms with Gasteiger partial charge in [-0.25, -0.2) is 4.98 Å². The highest BCUT2D eigenvalue weighted by atomic mass is 35.5. The van der Waals surface area contributed by atoms with Crippen molar-refractivity contribution >= 4 is 34.9 Å². The Balaban J connectivity index is 1.72. The summed E-state index contributed by atoms with van der Waals surface area (Å²) in [4.78, 5) is 16.6. The third-order valence-corrected chi connectivity index (χ3v) is 5.03. The normalized spacial score (nSPS) is 11.7. The van der Waals surface area contributed by atoms with Crippen molar-refractivity contribution in [2.45, 2.75) is 19.6 Å². The number of carbonyl (C=O) groups excluding carboxylic acids is 1. The van der Waals surface area contributed by atoms with Crippen molar-refractivity contribution < 1.29 is 14.6 Å². The number of nitrogens with two attached hydrogens (primary N) is 1. The van der Waals surface area contributed by atoms with Crippen LogP contribution in [0.25, 0.3) is 0 Å². The highest BCUT2D eigenvalue weighted by molar-refractivity contribution is 6.35. The number of aromatic nitrogens is 1. The highest BCUT2D eigenvalue weighted by Crippen LogP contribution is 2.28. The molecule has 0 spiro atoms. The molecule has 1 aromatic heterocycles. The maximum Gasteiger partial charge on any atom is 0.253 e. The molecule has 1 heterocycles. The number of benzene rings is 2. The van der Waals surface area contributed by atoms with Gasteiger partial charge >= 0.3 is 0 Å². The Hall–Kier alpha value is -2.96. The second-order valence-electron chi connectivity index (χ2n) is 6.38. The van der Waals surface area contributed by atoms with E-state index in [0.29, 0.717) is 21.2 Å². The average molecular weight is 432 g/mol. The van der Waals surface area contributed by atoms with Crippen molar-refractivity contribution in [3.8, 4) is 11.5 Å². The molecule has 0 aliphatic heterocycles. The number of aromatic hydroxyl groups is 1. The van der Waals surface area contributed by atoms with Crippen molar-refractivity contribution in [3.63, 3.8) is 0 Å². The van der Waals surface area contributed by atoms with Gasteiger partial charge in [-0.05, 0) is 42.8 Å². The van der Waals surface area contributed by atoms with Gasteiger partial charge in [0.25, 0.3) is 5.91 Å². The number of ether oxygens (including phenoxy) is 1. The number of halogens is 2. The fourth-order valence-electron chi connectivity index (χ4n) is 2.64. The topological polar surface area (TPSA) is 97.5 Å². The summed E-state index contributed by atoms with van der Waals surface area (Å²) in [5, 5.41) is 13.2. The van der Waals surface area contributed by atoms with Gasteiger partial charge in [0.15, 0.2) is 11.6 Å². The molecule has 1 atom stereocenters. The number of phenolic OH excluding ortho intramolecular Hbond substituents is 1. The van der Waals surface area contributed by atoms with E-state index in [-0.39, 0.29) is 35.9 Å². The van der Waals surface area contributed by atoms with Crippen LogP contribution in [-0.4, -0.2) is 16.0 Å². The summed E-state index contributed by atoms with van der Waals surface area (Å²) in [6.45, 7) is 1.92. The number of hydrogen-bond donors (Lipinski definition) is 3. The summed E-state index contributed by atoms with van der Waals surface area (Å²) in [7, 11) is 0. The van der Waals surface area contributed by atoms with Crippen LogP contribution in [0.4, 0.5) is 5.82 Å². The van der Waals surface area contributed by atoms with Gasteiger partial charge in [-0.2, -0.15) is 0 Å². The fourth-order valence-corrected chi connectivity index (χ4v) is 3.15. The van der Waals surface area contributed by atoms with Crippen molar-refractivity contribution in [1.29, 1.82) is 0 Å². The number of phenols is 1. The Bertz CT molecular complexity index is 1010. The number of nitrogen functional groups attached to an aromatic ring is 1. The SMILES string of the molecule is CC(NC(=O)c1cnc(N)c(OCc2c(Cl)cccc2Cl)c1)c1ccc(O)cc1. The van der Waals surface area contributed by atoms with Gasteiger partial charge in [-0.15, -0.1) is 0 Å². The molecule has 4 N–H and O–H groups in total. The maximum absolute atomic E-state index is 12.6. The molecule has 1 amide bonds. The van der Waals surface area contributed by atoms with E-state index >= 15 is 0 Å². The first-order chi connectivity index (χ1) is 13.8. The number of nitrogens with zero attached hydrogens (tertiary/aromatic N) is 1. The van der Waals surface area contributed by atoms with Crippen LogP contribution >= 0.6 is 23.2 Å². The number of pyridine rings is 1. The van der Waals surface area contributed by atoms with Gasteiger partial charge in [0.2, 0.25) is 0 Å². The summed E-state index contributed by atoms with van der Waals surface area (Å²) >= 11 is 12.3. The third kappa shape index (κ3) is 5.10. The molecule has 6 nitrogen and oxygen atoms in total. The molecule has 0 saturated carbocycles. The smallest absolute Gasteiger partial charge is 0.253 e. The first kappa shape index (κ1) is 20.8. The molecule has 0 fully saturated rings. The fraction of sp³-hybridized carbons (Fsp3) is 0.143. The summed E-state index contributed by atoms with van der Waals surface area (Å²) < 4.78 is 5.71. The molecule has 1 unspecified atom stereocenters. The summed E-state index contributed by atoms with van der Waals surface area (Å²) in [6, 6.07) is 13.0. The minimum absolute atomic E-state index is 0.0827. The lowest BCUT2D eigenvalue weighted by atomic mass is 10.1. The lowest BCUT2D eigenvalue weighted by Crippen LogP contribution is -2.26. The highest BCUT2D eigenvalue weighted by Gasteiger charge is 2.15. The van der Waals surface area contributed by atoms with Crippen LogP contribution in [0.15, 0.2) is 54.7 Å². The lowest BCUT2D eigenvalue weighted by molar-refractivity contribution is 0.0939. The van der Waals surface area contributed by atoms with E-state index in [9.17, 15) is 9.90 Å². The van der Waals surface area contributed by atoms with E-state index in [1.165, 1.54) is 12.3 Å². The predicted molar refractivity (Wildman–Crippen MR) is 113 cm³/mol. The maximum atomic E-state index is 12.6. The molecule has 3 rings (SSSR count). The Morgan fingerprint density at radius 3 is 2.52 bits per heavy atom. The molecule has 150 valence electrons. The molecule has 3 aromatic rings. The molecule has 0 saturated heterocycles. The summed E-state index contributed by atoms with van der Waals surface area (Å²) in [5.74, 6) is 0.233. The van der Waals surface area contributed by atoms with Gasteiger partial charge < -0.3 is 20.9 Å². The van der Waals surface area contributed by atoms with Crippen molar-refractivity contribution in [1.82, 2.24) is 10.3 Å². The van der Waals surface area contributed by atoms with Crippen LogP contribution in [0.3, 0.4) is 0 Å². The van der Waals surface area contributed by atoms with Crippen LogP contribution in [0, 0.1) is 0 Å². The zero-order chi connectivity index (χ0) is 21.0. The van der Waals surface area contributed by atoms with E-state index in [1.807, 2.05) is 6.92 Å². The predicted octanol–water partition coefficient (Wildman–Crippen LogP) is 4.75. The quantitative estimate of drug-likeness (QED) is 0.523. The van der Waals surface area contributed by atoms with Gasteiger partial charge in [0.1, 0.15) is 12.4 Å². The zero-order valence-electron chi connectivity index (χ0n) is 15.5. The standard InChI is InChI=1S/C21H19Cl2N3O3/c1-12(13-5-7-15(27)8-6-13)26-21(28)14-9-19(20(24)25-10-14)29-11-16-17(22)3-2-4-18(16)23/h2-10,12,27H,11H2,1H3,(H2,24,25)(H,26,28). The van der Waals surface area contributed by atoms with Gasteiger partial charge in [-0.3, -0.25) is 4.79 Å². The average Bonchev–Trinajstić information content (AvgIpc) is 2.69. The summed E-state index contributed by atoms with van der Waals surface area (Å²) in [6.07, 6.45) is 1.38. The van der Waals surface area contributed by atoms with Crippen LogP contribution < -0.4 is 15.8 Å². The van der Waals surface area contributed by atoms with E-state index in [4.69, 9.17) is 33.7 Å². The molecule has 8 heteroatoms. The van der Waals surface area contributed by atoms with Crippen molar-refractivity contribution in [2.24, 2.45) is 0 Å². The lowest BCUT2D eigenvalue weighted by Gasteiger charge is -2.15. The van der Waals surface area contributed by atoms with Crippen LogP contribution in [0.5, 0.6) is 11.5 Å². The van der Waals surface area contributed by atoms with Gasteiger partial charge in [0.05, 0.1) is 11.6 Å². The molecular formula is C21H19Cl2N3O3. The van der Waals surface area contributed by atoms with Crippen molar-refractivity contribution in [2.75, 3.05) is 5.73 Å². The Kier molecular flexibility index (Phi) is 6.46. The second kappa shape index (κ2) is 9.03. The van der Waals surface area contributed by atoms with Crippen LogP contribution in [-0.2, 0) is 6.61 Å². The molecule has 0 aliphatic carbocycles. The zero-order valence-corrected chi connectivity index (χ0v) is 17.0. The Morgan fingerprint density at radius 2 is 1.86 bits per heavy atom. The van der Waals surface area contributed by atoms with Crippen molar-refractivity contribution in [3.05, 3.63) is 81.5 Å². The van der Waals surface area contributed by atoms with E-state index in [0.717, 1.165) is 5.56 Å². The number of nitrogens with one attached hydrogen (secondary N) is 1. The largest absolute Gasteiger partial charge is 0.508 e. The minimum atomic E-state index is -0.335. The Morgan fingerprint density at radius 1 is 1.21 bits per heavy atom. The third-order valence-electron chi connectivity index (χ3n) is 4.32. The first-order valence-corrected chi connectivity index (χ1v) is 9.51. The number of rotatable bonds is 6. The Labute approximate surface area is 178 Å². The molecule has 2 aromatic carbocycles.